The minimum Gasteiger partial charge on any atom is -0.361 e. The summed E-state index contributed by atoms with van der Waals surface area (Å²) in [6.45, 7) is 9.78. The highest BCUT2D eigenvalue weighted by Gasteiger charge is 1.93. The summed E-state index contributed by atoms with van der Waals surface area (Å²) in [5.74, 6) is 0. The summed E-state index contributed by atoms with van der Waals surface area (Å²) >= 11 is 0. The molecule has 1 heterocycles. The molecule has 1 aromatic rings. The molecule has 14 heavy (non-hydrogen) atoms. The third-order valence-corrected chi connectivity index (χ3v) is 1.40. The summed E-state index contributed by atoms with van der Waals surface area (Å²) in [4.78, 5) is 4.14. The molecule has 1 N–H and O–H groups in total. The molecule has 0 unspecified atom stereocenters. The van der Waals surface area contributed by atoms with Crippen molar-refractivity contribution in [3.63, 3.8) is 0 Å². The first-order valence-corrected chi connectivity index (χ1v) is 4.82. The first-order chi connectivity index (χ1) is 6.84. The van der Waals surface area contributed by atoms with Gasteiger partial charge in [-0.25, -0.2) is 0 Å². The minimum absolute atomic E-state index is 0.814. The van der Waals surface area contributed by atoms with E-state index in [1.807, 2.05) is 51.2 Å². The van der Waals surface area contributed by atoms with Gasteiger partial charge in [0, 0.05) is 6.20 Å². The molecule has 0 aliphatic carbocycles. The van der Waals surface area contributed by atoms with Crippen LogP contribution in [-0.2, 0) is 0 Å². The van der Waals surface area contributed by atoms with E-state index in [9.17, 15) is 0 Å². The fourth-order valence-corrected chi connectivity index (χ4v) is 0.799. The molecule has 0 aliphatic rings. The number of aromatic nitrogens is 1. The summed E-state index contributed by atoms with van der Waals surface area (Å²) in [5.41, 5.74) is 1.68. The standard InChI is InChI=1S/C10H12N2.C2H6/c1-3-7-11-9(2)10-6-4-5-8-12-10;1-2/h3-8,11H,2H2,1H3;1-2H3/b7-3-;. The molecule has 2 nitrogen and oxygen atoms in total. The van der Waals surface area contributed by atoms with Gasteiger partial charge in [0.25, 0.3) is 0 Å². The zero-order valence-electron chi connectivity index (χ0n) is 9.12. The Balaban J connectivity index is 0.000000791. The van der Waals surface area contributed by atoms with Crippen molar-refractivity contribution >= 4 is 5.70 Å². The van der Waals surface area contributed by atoms with E-state index >= 15 is 0 Å². The molecular weight excluding hydrogens is 172 g/mol. The van der Waals surface area contributed by atoms with Crippen LogP contribution in [0.1, 0.15) is 26.5 Å². The van der Waals surface area contributed by atoms with Crippen molar-refractivity contribution in [1.82, 2.24) is 10.3 Å². The zero-order valence-corrected chi connectivity index (χ0v) is 9.12. The highest BCUT2D eigenvalue weighted by Crippen LogP contribution is 2.03. The molecule has 0 saturated carbocycles. The predicted octanol–water partition coefficient (Wildman–Crippen LogP) is 3.20. The van der Waals surface area contributed by atoms with Crippen LogP contribution in [0.3, 0.4) is 0 Å². The molecule has 76 valence electrons. The maximum absolute atomic E-state index is 4.14. The van der Waals surface area contributed by atoms with Gasteiger partial charge in [0.2, 0.25) is 0 Å². The molecule has 0 aliphatic heterocycles. The van der Waals surface area contributed by atoms with Gasteiger partial charge >= 0.3 is 0 Å². The first kappa shape index (κ1) is 12.4. The van der Waals surface area contributed by atoms with Gasteiger partial charge in [-0.15, -0.1) is 0 Å². The number of rotatable bonds is 3. The number of pyridine rings is 1. The van der Waals surface area contributed by atoms with Crippen LogP contribution >= 0.6 is 0 Å². The topological polar surface area (TPSA) is 24.9 Å². The van der Waals surface area contributed by atoms with Gasteiger partial charge in [0.1, 0.15) is 0 Å². The second kappa shape index (κ2) is 8.05. The Kier molecular flexibility index (Phi) is 7.15. The lowest BCUT2D eigenvalue weighted by Crippen LogP contribution is -2.03. The average molecular weight is 190 g/mol. The second-order valence-corrected chi connectivity index (χ2v) is 2.34. The van der Waals surface area contributed by atoms with Crippen molar-refractivity contribution in [2.24, 2.45) is 0 Å². The van der Waals surface area contributed by atoms with E-state index in [2.05, 4.69) is 16.9 Å². The van der Waals surface area contributed by atoms with Gasteiger partial charge in [-0.2, -0.15) is 0 Å². The Hall–Kier alpha value is -1.57. The van der Waals surface area contributed by atoms with Crippen LogP contribution in [0, 0.1) is 0 Å². The molecule has 0 aromatic carbocycles. The molecule has 0 atom stereocenters. The summed E-state index contributed by atoms with van der Waals surface area (Å²) in [6, 6.07) is 5.73. The molecule has 0 fully saturated rings. The normalized spacial score (nSPS) is 9.07. The van der Waals surface area contributed by atoms with E-state index in [4.69, 9.17) is 0 Å². The molecular formula is C12H18N2. The smallest absolute Gasteiger partial charge is 0.0858 e. The van der Waals surface area contributed by atoms with Crippen molar-refractivity contribution in [2.75, 3.05) is 0 Å². The number of nitrogens with one attached hydrogen (secondary N) is 1. The van der Waals surface area contributed by atoms with E-state index in [0.717, 1.165) is 11.4 Å². The van der Waals surface area contributed by atoms with Crippen molar-refractivity contribution in [1.29, 1.82) is 0 Å². The van der Waals surface area contributed by atoms with E-state index in [0.29, 0.717) is 0 Å². The van der Waals surface area contributed by atoms with E-state index in [1.54, 1.807) is 6.20 Å². The molecule has 1 rings (SSSR count). The second-order valence-electron chi connectivity index (χ2n) is 2.34. The first-order valence-electron chi connectivity index (χ1n) is 4.82. The molecule has 0 bridgehead atoms. The van der Waals surface area contributed by atoms with E-state index in [-0.39, 0.29) is 0 Å². The third-order valence-electron chi connectivity index (χ3n) is 1.40. The number of allylic oxidation sites excluding steroid dienone is 1. The summed E-state index contributed by atoms with van der Waals surface area (Å²) in [6.07, 6.45) is 5.49. The maximum atomic E-state index is 4.14. The van der Waals surface area contributed by atoms with Gasteiger partial charge in [-0.3, -0.25) is 4.98 Å². The Bertz CT molecular complexity index is 276. The number of nitrogens with zero attached hydrogens (tertiary/aromatic N) is 1. The molecule has 1 aromatic heterocycles. The zero-order chi connectivity index (χ0) is 10.8. The highest BCUT2D eigenvalue weighted by atomic mass is 14.9. The lowest BCUT2D eigenvalue weighted by atomic mass is 10.3. The molecule has 0 amide bonds. The van der Waals surface area contributed by atoms with Crippen LogP contribution in [0.25, 0.3) is 5.70 Å². The lowest BCUT2D eigenvalue weighted by molar-refractivity contribution is 1.16. The van der Waals surface area contributed by atoms with E-state index < -0.39 is 0 Å². The van der Waals surface area contributed by atoms with Gasteiger partial charge in [-0.05, 0) is 25.3 Å². The van der Waals surface area contributed by atoms with E-state index in [1.165, 1.54) is 0 Å². The highest BCUT2D eigenvalue weighted by molar-refractivity contribution is 5.58. The van der Waals surface area contributed by atoms with Crippen molar-refractivity contribution < 1.29 is 0 Å². The van der Waals surface area contributed by atoms with Gasteiger partial charge in [-0.1, -0.05) is 32.6 Å². The van der Waals surface area contributed by atoms with Crippen molar-refractivity contribution in [3.05, 3.63) is 48.9 Å². The Morgan fingerprint density at radius 3 is 2.64 bits per heavy atom. The molecule has 0 radical (unpaired) electrons. The Morgan fingerprint density at radius 2 is 2.14 bits per heavy atom. The summed E-state index contributed by atoms with van der Waals surface area (Å²) < 4.78 is 0. The monoisotopic (exact) mass is 190 g/mol. The van der Waals surface area contributed by atoms with Crippen LogP contribution in [-0.4, -0.2) is 4.98 Å². The maximum Gasteiger partial charge on any atom is 0.0858 e. The Morgan fingerprint density at radius 1 is 1.43 bits per heavy atom. The van der Waals surface area contributed by atoms with Crippen LogP contribution in [0.5, 0.6) is 0 Å². The summed E-state index contributed by atoms with van der Waals surface area (Å²) in [5, 5.41) is 3.01. The number of hydrogen-bond acceptors (Lipinski definition) is 2. The van der Waals surface area contributed by atoms with Crippen molar-refractivity contribution in [2.45, 2.75) is 20.8 Å². The number of hydrogen-bond donors (Lipinski definition) is 1. The molecule has 2 heteroatoms. The lowest BCUT2D eigenvalue weighted by Gasteiger charge is -2.02. The van der Waals surface area contributed by atoms with Gasteiger partial charge < -0.3 is 5.32 Å². The van der Waals surface area contributed by atoms with Crippen LogP contribution in [0.4, 0.5) is 0 Å². The quantitative estimate of drug-likeness (QED) is 0.791. The molecule has 0 saturated heterocycles. The van der Waals surface area contributed by atoms with Crippen LogP contribution in [0.2, 0.25) is 0 Å². The fraction of sp³-hybridized carbons (Fsp3) is 0.250. The fourth-order valence-electron chi connectivity index (χ4n) is 0.799. The van der Waals surface area contributed by atoms with Crippen LogP contribution < -0.4 is 5.32 Å². The van der Waals surface area contributed by atoms with Crippen molar-refractivity contribution in [3.8, 4) is 0 Å². The molecule has 0 spiro atoms. The predicted molar refractivity (Wildman–Crippen MR) is 62.6 cm³/mol. The van der Waals surface area contributed by atoms with Gasteiger partial charge in [0.05, 0.1) is 11.4 Å². The van der Waals surface area contributed by atoms with Gasteiger partial charge in [0.15, 0.2) is 0 Å². The third kappa shape index (κ3) is 4.45. The average Bonchev–Trinajstić information content (AvgIpc) is 2.30. The minimum atomic E-state index is 0.814. The Labute approximate surface area is 86.4 Å². The SMILES string of the molecule is C=C(N/C=C\C)c1ccccn1.CC. The van der Waals surface area contributed by atoms with Crippen LogP contribution in [0.15, 0.2) is 43.3 Å². The largest absolute Gasteiger partial charge is 0.361 e. The summed E-state index contributed by atoms with van der Waals surface area (Å²) in [7, 11) is 0.